The van der Waals surface area contributed by atoms with E-state index in [4.69, 9.17) is 0 Å². The highest BCUT2D eigenvalue weighted by Gasteiger charge is 2.01. The number of benzene rings is 1. The highest BCUT2D eigenvalue weighted by atomic mass is 16.1. The topological polar surface area (TPSA) is 41.1 Å². The van der Waals surface area contributed by atoms with Gasteiger partial charge in [0.15, 0.2) is 0 Å². The Kier molecular flexibility index (Phi) is 5.70. The second-order valence-electron chi connectivity index (χ2n) is 4.63. The summed E-state index contributed by atoms with van der Waals surface area (Å²) in [5.41, 5.74) is 2.52. The Morgan fingerprint density at radius 2 is 1.88 bits per heavy atom. The highest BCUT2D eigenvalue weighted by molar-refractivity contribution is 5.76. The fourth-order valence-electron chi connectivity index (χ4n) is 1.53. The minimum Gasteiger partial charge on any atom is -0.354 e. The fraction of sp³-hybridized carbons (Fsp3) is 0.500. The van der Waals surface area contributed by atoms with E-state index in [0.717, 1.165) is 6.54 Å². The third kappa shape index (κ3) is 6.07. The number of nitrogens with one attached hydrogen (secondary N) is 2. The lowest BCUT2D eigenvalue weighted by Gasteiger charge is -2.09. The third-order valence-electron chi connectivity index (χ3n) is 2.43. The maximum atomic E-state index is 11.4. The zero-order valence-electron chi connectivity index (χ0n) is 10.9. The minimum absolute atomic E-state index is 0.108. The molecule has 3 nitrogen and oxygen atoms in total. The van der Waals surface area contributed by atoms with Gasteiger partial charge in [-0.25, -0.2) is 0 Å². The van der Waals surface area contributed by atoms with Gasteiger partial charge in [-0.3, -0.25) is 4.79 Å². The van der Waals surface area contributed by atoms with Crippen molar-refractivity contribution in [3.8, 4) is 0 Å². The van der Waals surface area contributed by atoms with Crippen LogP contribution in [0.3, 0.4) is 0 Å². The monoisotopic (exact) mass is 234 g/mol. The molecule has 1 amide bonds. The first-order valence-electron chi connectivity index (χ1n) is 6.13. The van der Waals surface area contributed by atoms with E-state index in [1.165, 1.54) is 11.1 Å². The molecule has 94 valence electrons. The van der Waals surface area contributed by atoms with Gasteiger partial charge in [0.1, 0.15) is 0 Å². The number of carbonyl (C=O) groups is 1. The number of carbonyl (C=O) groups excluding carboxylic acids is 1. The zero-order chi connectivity index (χ0) is 12.7. The van der Waals surface area contributed by atoms with Crippen molar-refractivity contribution in [2.24, 2.45) is 0 Å². The summed E-state index contributed by atoms with van der Waals surface area (Å²) in [6, 6.07) is 8.64. The Morgan fingerprint density at radius 1 is 1.24 bits per heavy atom. The van der Waals surface area contributed by atoms with E-state index in [2.05, 4.69) is 41.8 Å². The predicted octanol–water partition coefficient (Wildman–Crippen LogP) is 2.00. The van der Waals surface area contributed by atoms with Crippen molar-refractivity contribution in [3.05, 3.63) is 35.4 Å². The van der Waals surface area contributed by atoms with E-state index in [1.807, 2.05) is 13.8 Å². The van der Waals surface area contributed by atoms with E-state index in [0.29, 0.717) is 13.0 Å². The number of aryl methyl sites for hydroxylation is 1. The average Bonchev–Trinajstić information content (AvgIpc) is 2.26. The molecule has 3 heteroatoms. The van der Waals surface area contributed by atoms with Gasteiger partial charge < -0.3 is 10.6 Å². The van der Waals surface area contributed by atoms with Gasteiger partial charge in [-0.1, -0.05) is 29.8 Å². The standard InChI is InChI=1S/C14H22N2O/c1-11(2)16-14(17)8-9-15-10-13-6-4-12(3)5-7-13/h4-7,11,15H,8-10H2,1-3H3,(H,16,17). The molecule has 0 atom stereocenters. The molecule has 2 N–H and O–H groups in total. The molecule has 0 heterocycles. The largest absolute Gasteiger partial charge is 0.354 e. The molecule has 0 radical (unpaired) electrons. The zero-order valence-corrected chi connectivity index (χ0v) is 10.9. The summed E-state index contributed by atoms with van der Waals surface area (Å²) in [6.45, 7) is 7.55. The van der Waals surface area contributed by atoms with Gasteiger partial charge in [0.05, 0.1) is 0 Å². The number of amides is 1. The van der Waals surface area contributed by atoms with Crippen LogP contribution in [-0.4, -0.2) is 18.5 Å². The molecule has 0 unspecified atom stereocenters. The first-order chi connectivity index (χ1) is 8.08. The van der Waals surface area contributed by atoms with Crippen molar-refractivity contribution < 1.29 is 4.79 Å². The van der Waals surface area contributed by atoms with Crippen LogP contribution in [0.5, 0.6) is 0 Å². The van der Waals surface area contributed by atoms with Gasteiger partial charge in [-0.2, -0.15) is 0 Å². The second kappa shape index (κ2) is 7.07. The van der Waals surface area contributed by atoms with Crippen LogP contribution in [0.4, 0.5) is 0 Å². The Labute approximate surface area is 104 Å². The molecule has 0 saturated carbocycles. The molecular weight excluding hydrogens is 212 g/mol. The number of rotatable bonds is 6. The van der Waals surface area contributed by atoms with Gasteiger partial charge in [-0.15, -0.1) is 0 Å². The lowest BCUT2D eigenvalue weighted by Crippen LogP contribution is -2.32. The van der Waals surface area contributed by atoms with Crippen molar-refractivity contribution in [2.75, 3.05) is 6.54 Å². The van der Waals surface area contributed by atoms with Crippen molar-refractivity contribution >= 4 is 5.91 Å². The maximum absolute atomic E-state index is 11.4. The second-order valence-corrected chi connectivity index (χ2v) is 4.63. The van der Waals surface area contributed by atoms with Crippen LogP contribution in [-0.2, 0) is 11.3 Å². The van der Waals surface area contributed by atoms with Crippen LogP contribution in [0.2, 0.25) is 0 Å². The normalized spacial score (nSPS) is 10.6. The Morgan fingerprint density at radius 3 is 2.47 bits per heavy atom. The van der Waals surface area contributed by atoms with Gasteiger partial charge in [0, 0.05) is 25.6 Å². The molecule has 0 spiro atoms. The van der Waals surface area contributed by atoms with Crippen LogP contribution in [0, 0.1) is 6.92 Å². The maximum Gasteiger partial charge on any atom is 0.221 e. The Balaban J connectivity index is 2.16. The van der Waals surface area contributed by atoms with E-state index in [9.17, 15) is 4.79 Å². The summed E-state index contributed by atoms with van der Waals surface area (Å²) >= 11 is 0. The Hall–Kier alpha value is -1.35. The Bertz CT molecular complexity index is 344. The molecular formula is C14H22N2O. The van der Waals surface area contributed by atoms with Crippen molar-refractivity contribution in [3.63, 3.8) is 0 Å². The quantitative estimate of drug-likeness (QED) is 0.739. The van der Waals surface area contributed by atoms with Crippen LogP contribution in [0.1, 0.15) is 31.4 Å². The summed E-state index contributed by atoms with van der Waals surface area (Å²) < 4.78 is 0. The van der Waals surface area contributed by atoms with E-state index in [1.54, 1.807) is 0 Å². The lowest BCUT2D eigenvalue weighted by atomic mass is 10.1. The van der Waals surface area contributed by atoms with E-state index < -0.39 is 0 Å². The molecule has 0 aliphatic rings. The minimum atomic E-state index is 0.108. The summed E-state index contributed by atoms with van der Waals surface area (Å²) in [6.07, 6.45) is 0.532. The molecule has 0 aliphatic heterocycles. The summed E-state index contributed by atoms with van der Waals surface area (Å²) in [5.74, 6) is 0.108. The fourth-order valence-corrected chi connectivity index (χ4v) is 1.53. The lowest BCUT2D eigenvalue weighted by molar-refractivity contribution is -0.121. The smallest absolute Gasteiger partial charge is 0.221 e. The van der Waals surface area contributed by atoms with Gasteiger partial charge in [0.2, 0.25) is 5.91 Å². The van der Waals surface area contributed by atoms with Crippen LogP contribution in [0.15, 0.2) is 24.3 Å². The van der Waals surface area contributed by atoms with Crippen molar-refractivity contribution in [1.29, 1.82) is 0 Å². The first-order valence-corrected chi connectivity index (χ1v) is 6.13. The van der Waals surface area contributed by atoms with Crippen molar-refractivity contribution in [2.45, 2.75) is 39.8 Å². The van der Waals surface area contributed by atoms with Gasteiger partial charge in [0.25, 0.3) is 0 Å². The molecule has 1 aromatic rings. The summed E-state index contributed by atoms with van der Waals surface area (Å²) in [7, 11) is 0. The van der Waals surface area contributed by atoms with Gasteiger partial charge >= 0.3 is 0 Å². The number of hydrogen-bond donors (Lipinski definition) is 2. The molecule has 0 fully saturated rings. The van der Waals surface area contributed by atoms with Crippen LogP contribution >= 0.6 is 0 Å². The molecule has 0 bridgehead atoms. The number of hydrogen-bond acceptors (Lipinski definition) is 2. The molecule has 1 aromatic carbocycles. The molecule has 0 aliphatic carbocycles. The molecule has 1 rings (SSSR count). The van der Waals surface area contributed by atoms with E-state index in [-0.39, 0.29) is 11.9 Å². The predicted molar refractivity (Wildman–Crippen MR) is 70.8 cm³/mol. The van der Waals surface area contributed by atoms with Crippen LogP contribution < -0.4 is 10.6 Å². The van der Waals surface area contributed by atoms with Crippen LogP contribution in [0.25, 0.3) is 0 Å². The average molecular weight is 234 g/mol. The molecule has 17 heavy (non-hydrogen) atoms. The summed E-state index contributed by atoms with van der Waals surface area (Å²) in [4.78, 5) is 11.4. The SMILES string of the molecule is Cc1ccc(CNCCC(=O)NC(C)C)cc1. The van der Waals surface area contributed by atoms with E-state index >= 15 is 0 Å². The highest BCUT2D eigenvalue weighted by Crippen LogP contribution is 2.02. The first kappa shape index (κ1) is 13.7. The molecule has 0 saturated heterocycles. The van der Waals surface area contributed by atoms with Crippen molar-refractivity contribution in [1.82, 2.24) is 10.6 Å². The summed E-state index contributed by atoms with van der Waals surface area (Å²) in [5, 5.41) is 6.13. The third-order valence-corrected chi connectivity index (χ3v) is 2.43. The van der Waals surface area contributed by atoms with Gasteiger partial charge in [-0.05, 0) is 26.3 Å². The molecule has 0 aromatic heterocycles.